The van der Waals surface area contributed by atoms with Crippen molar-refractivity contribution in [3.63, 3.8) is 0 Å². The molecule has 15 atom stereocenters. The molecule has 28 heteroatoms. The molecule has 7 rings (SSSR count). The van der Waals surface area contributed by atoms with Crippen molar-refractivity contribution in [1.82, 2.24) is 41.5 Å². The molecule has 3 saturated heterocycles. The second-order valence-electron chi connectivity index (χ2n) is 21.7. The molecule has 85 heavy (non-hydrogen) atoms. The molecule has 460 valence electrons. The van der Waals surface area contributed by atoms with Crippen LogP contribution in [0.25, 0.3) is 22.6 Å². The van der Waals surface area contributed by atoms with Crippen molar-refractivity contribution in [2.75, 3.05) is 19.7 Å². The first-order valence-electron chi connectivity index (χ1n) is 27.7. The summed E-state index contributed by atoms with van der Waals surface area (Å²) in [5.41, 5.74) is 6.98. The highest BCUT2D eigenvalue weighted by Crippen LogP contribution is 2.31. The molecule has 3 aliphatic rings. The third-order valence-corrected chi connectivity index (χ3v) is 15.2. The zero-order valence-electron chi connectivity index (χ0n) is 47.0. The van der Waals surface area contributed by atoms with Gasteiger partial charge in [-0.2, -0.15) is 0 Å². The van der Waals surface area contributed by atoms with Crippen LogP contribution in [-0.4, -0.2) is 207 Å². The van der Waals surface area contributed by atoms with Gasteiger partial charge in [0.25, 0.3) is 5.91 Å². The Kier molecular flexibility index (Phi) is 21.4. The van der Waals surface area contributed by atoms with Gasteiger partial charge < -0.3 is 97.3 Å². The molecule has 3 aliphatic heterocycles. The lowest BCUT2D eigenvalue weighted by molar-refractivity contribution is -0.149. The largest absolute Gasteiger partial charge is 0.508 e. The number of carbonyl (C=O) groups is 8. The number of aromatic hydroxyl groups is 1. The maximum absolute atomic E-state index is 14.6. The van der Waals surface area contributed by atoms with E-state index < -0.39 is 171 Å². The number of rotatable bonds is 16. The van der Waals surface area contributed by atoms with Crippen molar-refractivity contribution >= 4 is 47.3 Å². The lowest BCUT2D eigenvalue weighted by atomic mass is 9.95. The molecule has 0 saturated carbocycles. The number of primary amides is 1. The minimum atomic E-state index is -2.40. The summed E-state index contributed by atoms with van der Waals surface area (Å²) in [6, 6.07) is 5.81. The summed E-state index contributed by atoms with van der Waals surface area (Å²) in [6.45, 7) is 5.47. The number of aromatic nitrogens is 1. The van der Waals surface area contributed by atoms with Gasteiger partial charge in [-0.15, -0.1) is 0 Å². The van der Waals surface area contributed by atoms with Crippen LogP contribution in [0, 0.1) is 12.8 Å². The van der Waals surface area contributed by atoms with E-state index in [1.54, 1.807) is 6.07 Å². The number of aryl methyl sites for hydroxylation is 1. The van der Waals surface area contributed by atoms with Gasteiger partial charge in [0.05, 0.1) is 37.4 Å². The second kappa shape index (κ2) is 28.2. The number of phenolic OH excluding ortho intramolecular Hbond substituents is 1. The number of unbranched alkanes of at least 4 members (excludes halogenated alkanes) is 2. The maximum Gasteiger partial charge on any atom is 0.251 e. The number of nitrogens with zero attached hydrogens (tertiary/aromatic N) is 3. The third kappa shape index (κ3) is 15.4. The van der Waals surface area contributed by atoms with E-state index in [1.807, 2.05) is 24.3 Å². The van der Waals surface area contributed by atoms with Crippen LogP contribution in [0.5, 0.6) is 11.5 Å². The molecule has 28 nitrogen and oxygen atoms in total. The average molecular weight is 1190 g/mol. The first kappa shape index (κ1) is 64.5. The zero-order chi connectivity index (χ0) is 62.1. The highest BCUT2D eigenvalue weighted by Gasteiger charge is 2.51. The first-order valence-corrected chi connectivity index (χ1v) is 27.7. The Morgan fingerprint density at radius 1 is 0.776 bits per heavy atom. The third-order valence-electron chi connectivity index (χ3n) is 15.2. The predicted molar refractivity (Wildman–Crippen MR) is 296 cm³/mol. The molecular weight excluding hydrogens is 1110 g/mol. The molecule has 0 unspecified atom stereocenters. The number of hydrogen-bond acceptors (Lipinski definition) is 20. The molecule has 3 aromatic carbocycles. The minimum Gasteiger partial charge on any atom is -0.508 e. The van der Waals surface area contributed by atoms with Gasteiger partial charge in [-0.25, -0.2) is 0 Å². The molecule has 8 amide bonds. The number of hydrogen-bond donors (Lipinski definition) is 15. The van der Waals surface area contributed by atoms with Crippen molar-refractivity contribution in [3.8, 4) is 34.1 Å². The number of aliphatic hydroxyl groups is 8. The summed E-state index contributed by atoms with van der Waals surface area (Å²) in [4.78, 5) is 114. The van der Waals surface area contributed by atoms with E-state index in [2.05, 4.69) is 38.7 Å². The Labute approximate surface area is 487 Å². The molecule has 4 heterocycles. The second-order valence-corrected chi connectivity index (χ2v) is 21.7. The van der Waals surface area contributed by atoms with Gasteiger partial charge in [-0.3, -0.25) is 38.4 Å². The van der Waals surface area contributed by atoms with Crippen molar-refractivity contribution < 1.29 is 93.6 Å². The van der Waals surface area contributed by atoms with Crippen molar-refractivity contribution in [1.29, 1.82) is 0 Å². The normalized spacial score (nSPS) is 27.0. The van der Waals surface area contributed by atoms with Crippen LogP contribution in [0.4, 0.5) is 0 Å². The summed E-state index contributed by atoms with van der Waals surface area (Å²) in [5, 5.41) is 116. The van der Waals surface area contributed by atoms with Crippen LogP contribution in [0.3, 0.4) is 0 Å². The minimum absolute atomic E-state index is 0.0704. The van der Waals surface area contributed by atoms with Gasteiger partial charge in [-0.05, 0) is 79.9 Å². The highest BCUT2D eigenvalue weighted by molar-refractivity contribution is 6.00. The number of carbonyl (C=O) groups excluding carboxylic acids is 8. The summed E-state index contributed by atoms with van der Waals surface area (Å²) < 4.78 is 11.4. The number of amides is 8. The van der Waals surface area contributed by atoms with Crippen LogP contribution in [0.2, 0.25) is 0 Å². The molecule has 0 spiro atoms. The smallest absolute Gasteiger partial charge is 0.251 e. The Morgan fingerprint density at radius 2 is 1.42 bits per heavy atom. The zero-order valence-corrected chi connectivity index (χ0v) is 47.0. The maximum atomic E-state index is 14.6. The van der Waals surface area contributed by atoms with E-state index in [4.69, 9.17) is 15.0 Å². The lowest BCUT2D eigenvalue weighted by Gasteiger charge is -2.34. The molecule has 16 N–H and O–H groups in total. The quantitative estimate of drug-likeness (QED) is 0.0505. The van der Waals surface area contributed by atoms with E-state index >= 15 is 0 Å². The fraction of sp³-hybridized carbons (Fsp3) is 0.491. The van der Waals surface area contributed by atoms with E-state index in [1.165, 1.54) is 50.2 Å². The van der Waals surface area contributed by atoms with Crippen LogP contribution in [0.1, 0.15) is 86.9 Å². The number of nitrogens with two attached hydrogens (primary N) is 1. The Bertz CT molecular complexity index is 3050. The monoisotopic (exact) mass is 1190 g/mol. The number of nitrogens with one attached hydrogen (secondary N) is 5. The molecule has 0 radical (unpaired) electrons. The van der Waals surface area contributed by atoms with Gasteiger partial charge >= 0.3 is 0 Å². The first-order chi connectivity index (χ1) is 40.3. The Morgan fingerprint density at radius 3 is 2.07 bits per heavy atom. The summed E-state index contributed by atoms with van der Waals surface area (Å²) in [5.74, 6) is -10.3. The number of aliphatic hydroxyl groups excluding tert-OH is 8. The van der Waals surface area contributed by atoms with Crippen molar-refractivity contribution in [3.05, 3.63) is 89.5 Å². The van der Waals surface area contributed by atoms with Gasteiger partial charge in [0.15, 0.2) is 12.0 Å². The molecule has 3 fully saturated rings. The standard InChI is InChI=1S/C57H73N9O19/c1-5-6-7-18-84-34-15-12-30(13-16-34)41-22-35(64-85-41)29-8-10-31(11-9-29)50(76)59-36-21-40(71)53(79)63-55(81)46-47(73)27(3)24-66(46)57(83)44(39(70)23-42(58)72)61-54(80)45(49(75)48(74)32-14-17-38(69)26(2)19-32)62-52(78)37-20-33(68)25-65(37)56(82)43(28(4)67)60-51(36)77/h8-17,19,22,27-28,33,36-37,39-40,43-49,53,67-71,73-75,79H,5-7,18,20-21,23-25H2,1-4H3,(H2,58,72)(H,59,76)(H,60,77)(H,61,80)(H,62,78)(H,63,81)/t27-,28+,33+,36-,37-,39+,40+,43-,44-,45-,46-,47-,48-,49-,53-/m0/s1. The van der Waals surface area contributed by atoms with Crippen LogP contribution < -0.4 is 37.1 Å². The number of ether oxygens (including phenoxy) is 1. The van der Waals surface area contributed by atoms with Crippen molar-refractivity contribution in [2.45, 2.75) is 151 Å². The van der Waals surface area contributed by atoms with E-state index in [0.717, 1.165) is 37.2 Å². The van der Waals surface area contributed by atoms with Gasteiger partial charge in [-0.1, -0.05) is 50.0 Å². The summed E-state index contributed by atoms with van der Waals surface area (Å²) >= 11 is 0. The number of phenols is 1. The average Bonchev–Trinajstić information content (AvgIpc) is 2.47. The fourth-order valence-electron chi connectivity index (χ4n) is 10.3. The Balaban J connectivity index is 1.21. The highest BCUT2D eigenvalue weighted by atomic mass is 16.5. The summed E-state index contributed by atoms with van der Waals surface area (Å²) in [6.07, 6.45) is -15.9. The predicted octanol–water partition coefficient (Wildman–Crippen LogP) is -2.78. The van der Waals surface area contributed by atoms with Crippen LogP contribution in [-0.2, 0) is 33.6 Å². The van der Waals surface area contributed by atoms with Gasteiger partial charge in [0, 0.05) is 54.6 Å². The Hall–Kier alpha value is -8.09. The molecule has 4 aromatic rings. The molecule has 0 aliphatic carbocycles. The van der Waals surface area contributed by atoms with Crippen LogP contribution in [0.15, 0.2) is 77.3 Å². The molecule has 0 bridgehead atoms. The topological polar surface area (TPSA) is 447 Å². The number of benzene rings is 3. The van der Waals surface area contributed by atoms with E-state index in [0.29, 0.717) is 39.8 Å². The van der Waals surface area contributed by atoms with E-state index in [-0.39, 0.29) is 22.4 Å². The van der Waals surface area contributed by atoms with Gasteiger partial charge in [0.1, 0.15) is 71.8 Å². The lowest BCUT2D eigenvalue weighted by Crippen LogP contribution is -2.64. The molecular formula is C57H73N9O19. The van der Waals surface area contributed by atoms with E-state index in [9.17, 15) is 84.3 Å². The van der Waals surface area contributed by atoms with Crippen molar-refractivity contribution in [2.24, 2.45) is 11.7 Å². The van der Waals surface area contributed by atoms with Crippen LogP contribution >= 0.6 is 0 Å². The number of fused-ring (bicyclic) bond motifs is 2. The van der Waals surface area contributed by atoms with Gasteiger partial charge in [0.2, 0.25) is 41.4 Å². The SMILES string of the molecule is CCCCCOc1ccc(-c2cc(-c3ccc(C(=O)N[C@H]4C[C@@H](O)[C@H](O)NC(=O)[C@@H]5[C@@H](O)[C@@H](C)CN5C(=O)[C@H]([C@H](O)CC(N)=O)NC(=O)[C@H]([C@H](O)[C@@H](O)c5ccc(O)c(C)c5)NC(=O)[C@@H]5C[C@@H](O)CN5C(=O)[C@H]([C@@H](C)O)NC4=O)cc3)no2)cc1. The summed E-state index contributed by atoms with van der Waals surface area (Å²) in [7, 11) is 0. The fourth-order valence-corrected chi connectivity index (χ4v) is 10.3. The molecule has 1 aromatic heterocycles.